The number of hydrogen-bond donors (Lipinski definition) is 6. The average Bonchev–Trinajstić information content (AvgIpc) is 0.837. The standard InChI is InChI=1S/2C17H18N4O2.2C17H16N4O.2Ac/c2*1-12-2-4-13(5-3-12)10-16(11-22)19-17(23)14-6-8-15(9-7-14)20-21-18;2*1-11-2-3-13-9-15(10-22)19-17(16(13)8-11)12-4-6-14(7-5-12)20-21-18;;/h2*2-9,16,22H,10-11H2,1H3,(H,19,23);2*2-8,15,22H,9-10H2,1H3;;/t2*16-;2*15-;;/m0000../s1. The molecule has 2 aliphatic heterocycles. The molecule has 2 heterocycles. The van der Waals surface area contributed by atoms with Crippen LogP contribution in [0.4, 0.5) is 22.7 Å². The van der Waals surface area contributed by atoms with Crippen LogP contribution in [-0.2, 0) is 25.7 Å². The van der Waals surface area contributed by atoms with E-state index in [4.69, 9.17) is 32.1 Å². The Kier molecular flexibility index (Phi) is 31.5. The third kappa shape index (κ3) is 22.7. The fourth-order valence-electron chi connectivity index (χ4n) is 9.77. The van der Waals surface area contributed by atoms with E-state index in [0.29, 0.717) is 46.7 Å². The molecule has 2 radical (unpaired) electrons. The maximum absolute atomic E-state index is 12.2. The minimum Gasteiger partial charge on any atom is -0.394 e. The van der Waals surface area contributed by atoms with E-state index in [2.05, 4.69) is 101 Å². The van der Waals surface area contributed by atoms with Crippen molar-refractivity contribution in [3.8, 4) is 0 Å². The molecule has 0 aliphatic carbocycles. The van der Waals surface area contributed by atoms with E-state index in [1.165, 1.54) is 33.4 Å². The molecule has 2 amide bonds. The summed E-state index contributed by atoms with van der Waals surface area (Å²) in [6.45, 7) is 7.92. The molecule has 0 fully saturated rings. The molecule has 6 N–H and O–H groups in total. The van der Waals surface area contributed by atoms with Gasteiger partial charge in [-0.1, -0.05) is 188 Å². The molecule has 22 nitrogen and oxygen atoms in total. The Labute approximate surface area is 604 Å². The topological polar surface area (TPSA) is 359 Å². The van der Waals surface area contributed by atoms with Gasteiger partial charge in [-0.2, -0.15) is 0 Å². The molecule has 10 rings (SSSR count). The first-order valence-corrected chi connectivity index (χ1v) is 28.8. The van der Waals surface area contributed by atoms with Gasteiger partial charge < -0.3 is 31.1 Å². The first kappa shape index (κ1) is 74.7. The summed E-state index contributed by atoms with van der Waals surface area (Å²) < 4.78 is 0. The maximum Gasteiger partial charge on any atom is 0.251 e. The monoisotopic (exact) mass is 1660 g/mol. The van der Waals surface area contributed by atoms with Crippen molar-refractivity contribution < 1.29 is 118 Å². The number of carbonyl (C=O) groups is 2. The Morgan fingerprint density at radius 1 is 0.446 bits per heavy atom. The molecule has 0 bridgehead atoms. The summed E-state index contributed by atoms with van der Waals surface area (Å²) in [5, 5.41) is 57.6. The second-order valence-electron chi connectivity index (χ2n) is 21.4. The number of aliphatic imine (C=N–C) groups is 2. The van der Waals surface area contributed by atoms with Gasteiger partial charge in [-0.15, -0.1) is 0 Å². The number of aliphatic hydroxyl groups excluding tert-OH is 4. The van der Waals surface area contributed by atoms with E-state index < -0.39 is 0 Å². The van der Waals surface area contributed by atoms with Gasteiger partial charge in [-0.05, 0) is 134 Å². The summed E-state index contributed by atoms with van der Waals surface area (Å²) >= 11 is 0. The predicted octanol–water partition coefficient (Wildman–Crippen LogP) is 13.9. The average molecular weight is 1660 g/mol. The van der Waals surface area contributed by atoms with Gasteiger partial charge >= 0.3 is 0 Å². The summed E-state index contributed by atoms with van der Waals surface area (Å²) in [7, 11) is 0. The molecule has 0 unspecified atom stereocenters. The largest absolute Gasteiger partial charge is 0.394 e. The van der Waals surface area contributed by atoms with Crippen LogP contribution in [0.3, 0.4) is 0 Å². The summed E-state index contributed by atoms with van der Waals surface area (Å²) in [5.41, 5.74) is 51.7. The van der Waals surface area contributed by atoms with Crippen LogP contribution in [-0.4, -0.2) is 94.3 Å². The number of amides is 2. The molecule has 462 valence electrons. The second kappa shape index (κ2) is 38.8. The Hall–Kier alpha value is -8.00. The van der Waals surface area contributed by atoms with Crippen LogP contribution in [0.25, 0.3) is 41.8 Å². The Morgan fingerprint density at radius 2 is 0.739 bits per heavy atom. The SMILES string of the molecule is Cc1ccc(C[C@@H](CO)NC(=O)c2ccc(N=[N+]=[N-])cc2)cc1.Cc1ccc(C[C@@H](CO)NC(=O)c2ccc(N=[N+]=[N-])cc2)cc1.Cc1ccc2c(c1)C(c1ccc(N=[N+]=[N-])cc1)=N[C@H](CO)C2.Cc1ccc2c(c1)C(c1ccc(N=[N+]=[N-])cc1)=N[C@H](CO)C2.[Ac].[Ac]. The number of carbonyl (C=O) groups excluding carboxylic acids is 2. The third-order valence-corrected chi connectivity index (χ3v) is 14.5. The smallest absolute Gasteiger partial charge is 0.251 e. The molecule has 0 aromatic heterocycles. The summed E-state index contributed by atoms with van der Waals surface area (Å²) in [6.07, 6.45) is 2.62. The number of hydrogen-bond acceptors (Lipinski definition) is 12. The molecule has 8 aromatic carbocycles. The first-order valence-electron chi connectivity index (χ1n) is 28.8. The number of rotatable bonds is 18. The van der Waals surface area contributed by atoms with Gasteiger partial charge in [0.25, 0.3) is 11.8 Å². The fraction of sp³-hybridized carbons (Fsp3) is 0.235. The molecule has 4 atom stereocenters. The van der Waals surface area contributed by atoms with Crippen LogP contribution < -0.4 is 10.6 Å². The maximum atomic E-state index is 12.2. The van der Waals surface area contributed by atoms with Crippen LogP contribution in [0.5, 0.6) is 0 Å². The van der Waals surface area contributed by atoms with Crippen LogP contribution >= 0.6 is 0 Å². The van der Waals surface area contributed by atoms with Crippen molar-refractivity contribution in [3.05, 3.63) is 302 Å². The molecular formula is C68H68Ac2N16O6. The Morgan fingerprint density at radius 3 is 1.02 bits per heavy atom. The van der Waals surface area contributed by atoms with Crippen molar-refractivity contribution >= 4 is 46.0 Å². The van der Waals surface area contributed by atoms with Gasteiger partial charge in [0.15, 0.2) is 0 Å². The van der Waals surface area contributed by atoms with Gasteiger partial charge in [0, 0.05) is 164 Å². The zero-order valence-corrected chi connectivity index (χ0v) is 60.8. The Balaban J connectivity index is 0.000000221. The number of aliphatic hydroxyl groups is 4. The van der Waals surface area contributed by atoms with Crippen LogP contribution in [0.15, 0.2) is 212 Å². The van der Waals surface area contributed by atoms with Gasteiger partial charge in [-0.3, -0.25) is 19.6 Å². The molecule has 0 saturated heterocycles. The predicted molar refractivity (Wildman–Crippen MR) is 350 cm³/mol. The number of aryl methyl sites for hydroxylation is 4. The number of benzene rings is 8. The molecule has 0 saturated carbocycles. The van der Waals surface area contributed by atoms with E-state index in [1.807, 2.05) is 86.6 Å². The van der Waals surface area contributed by atoms with E-state index in [9.17, 15) is 30.0 Å². The fourth-order valence-corrected chi connectivity index (χ4v) is 9.77. The van der Waals surface area contributed by atoms with Gasteiger partial charge in [0.1, 0.15) is 0 Å². The van der Waals surface area contributed by atoms with Gasteiger partial charge in [0.2, 0.25) is 0 Å². The van der Waals surface area contributed by atoms with Crippen molar-refractivity contribution in [1.29, 1.82) is 0 Å². The summed E-state index contributed by atoms with van der Waals surface area (Å²) in [4.78, 5) is 44.7. The van der Waals surface area contributed by atoms with Crippen molar-refractivity contribution in [2.45, 2.75) is 77.5 Å². The normalized spacial score (nSPS) is 13.6. The van der Waals surface area contributed by atoms with Crippen molar-refractivity contribution in [2.24, 2.45) is 30.4 Å². The minimum atomic E-state index is -0.359. The van der Waals surface area contributed by atoms with Crippen LogP contribution in [0.1, 0.15) is 87.5 Å². The van der Waals surface area contributed by atoms with Crippen molar-refractivity contribution in [3.63, 3.8) is 0 Å². The molecule has 24 heteroatoms. The second-order valence-corrected chi connectivity index (χ2v) is 21.4. The quantitative estimate of drug-likeness (QED) is 0.0275. The van der Waals surface area contributed by atoms with Gasteiger partial charge in [0.05, 0.1) is 62.0 Å². The Bertz CT molecular complexity index is 3760. The number of nitrogens with one attached hydrogen (secondary N) is 2. The van der Waals surface area contributed by atoms with Gasteiger partial charge in [-0.25, -0.2) is 0 Å². The zero-order chi connectivity index (χ0) is 64.4. The zero-order valence-electron chi connectivity index (χ0n) is 51.3. The molecule has 2 aliphatic rings. The van der Waals surface area contributed by atoms with Crippen molar-refractivity contribution in [2.75, 3.05) is 26.4 Å². The molecular weight excluding hydrogens is 1590 g/mol. The summed E-state index contributed by atoms with van der Waals surface area (Å²) in [6, 6.07) is 54.9. The molecule has 8 aromatic rings. The number of nitrogens with zero attached hydrogens (tertiary/aromatic N) is 14. The molecule has 92 heavy (non-hydrogen) atoms. The van der Waals surface area contributed by atoms with Crippen LogP contribution in [0, 0.1) is 116 Å². The first-order chi connectivity index (χ1) is 43.6. The number of azide groups is 4. The minimum absolute atomic E-state index is 0. The van der Waals surface area contributed by atoms with E-state index >= 15 is 0 Å². The van der Waals surface area contributed by atoms with E-state index in [0.717, 1.165) is 57.6 Å². The van der Waals surface area contributed by atoms with E-state index in [-0.39, 0.29) is 151 Å². The molecule has 0 spiro atoms. The van der Waals surface area contributed by atoms with Crippen LogP contribution in [0.2, 0.25) is 0 Å². The van der Waals surface area contributed by atoms with Crippen molar-refractivity contribution in [1.82, 2.24) is 10.6 Å². The number of fused-ring (bicyclic) bond motifs is 2. The summed E-state index contributed by atoms with van der Waals surface area (Å²) in [5.74, 6) is -0.549. The van der Waals surface area contributed by atoms with E-state index in [1.54, 1.807) is 72.8 Å². The third-order valence-electron chi connectivity index (χ3n) is 14.5.